The Balaban J connectivity index is 1.73. The van der Waals surface area contributed by atoms with E-state index in [2.05, 4.69) is 22.6 Å². The van der Waals surface area contributed by atoms with E-state index in [1.54, 1.807) is 0 Å². The quantitative estimate of drug-likeness (QED) is 0.781. The maximum Gasteiger partial charge on any atom is 0.126 e. The Hall–Kier alpha value is -1.04. The first-order valence-electron chi connectivity index (χ1n) is 6.72. The SMILES string of the molecule is CN1CCNCC1CNCCc1cc(F)ccc1F. The Morgan fingerprint density at radius 1 is 1.42 bits per heavy atom. The number of likely N-dealkylation sites (N-methyl/N-ethyl adjacent to an activating group) is 1. The highest BCUT2D eigenvalue weighted by atomic mass is 19.1. The van der Waals surface area contributed by atoms with E-state index in [1.165, 1.54) is 12.1 Å². The summed E-state index contributed by atoms with van der Waals surface area (Å²) in [6.07, 6.45) is 0.507. The van der Waals surface area contributed by atoms with E-state index in [4.69, 9.17) is 0 Å². The van der Waals surface area contributed by atoms with E-state index in [9.17, 15) is 8.78 Å². The van der Waals surface area contributed by atoms with Crippen LogP contribution < -0.4 is 10.6 Å². The topological polar surface area (TPSA) is 27.3 Å². The van der Waals surface area contributed by atoms with Crippen LogP contribution in [-0.2, 0) is 6.42 Å². The Labute approximate surface area is 113 Å². The zero-order valence-electron chi connectivity index (χ0n) is 11.3. The highest BCUT2D eigenvalue weighted by Crippen LogP contribution is 2.09. The molecule has 3 nitrogen and oxygen atoms in total. The fraction of sp³-hybridized carbons (Fsp3) is 0.571. The summed E-state index contributed by atoms with van der Waals surface area (Å²) in [6, 6.07) is 4.06. The molecule has 106 valence electrons. The van der Waals surface area contributed by atoms with Crippen molar-refractivity contribution < 1.29 is 8.78 Å². The highest BCUT2D eigenvalue weighted by Gasteiger charge is 2.17. The monoisotopic (exact) mass is 269 g/mol. The summed E-state index contributed by atoms with van der Waals surface area (Å²) in [5.74, 6) is -0.715. The van der Waals surface area contributed by atoms with Crippen LogP contribution in [0.1, 0.15) is 5.56 Å². The summed E-state index contributed by atoms with van der Waals surface area (Å²) in [4.78, 5) is 2.31. The van der Waals surface area contributed by atoms with Crippen molar-refractivity contribution in [1.29, 1.82) is 0 Å². The number of halogens is 2. The van der Waals surface area contributed by atoms with Gasteiger partial charge in [-0.15, -0.1) is 0 Å². The van der Waals surface area contributed by atoms with Gasteiger partial charge >= 0.3 is 0 Å². The van der Waals surface area contributed by atoms with E-state index >= 15 is 0 Å². The molecule has 0 aliphatic carbocycles. The van der Waals surface area contributed by atoms with E-state index in [1.807, 2.05) is 0 Å². The van der Waals surface area contributed by atoms with Crippen molar-refractivity contribution in [3.05, 3.63) is 35.4 Å². The first-order chi connectivity index (χ1) is 9.16. The standard InChI is InChI=1S/C14H21F2N3/c1-19-7-6-18-10-13(19)9-17-5-4-11-8-12(15)2-3-14(11)16/h2-3,8,13,17-18H,4-7,9-10H2,1H3. The third-order valence-corrected chi connectivity index (χ3v) is 3.60. The van der Waals surface area contributed by atoms with Gasteiger partial charge in [-0.1, -0.05) is 0 Å². The van der Waals surface area contributed by atoms with Gasteiger partial charge in [0.05, 0.1) is 0 Å². The van der Waals surface area contributed by atoms with Crippen molar-refractivity contribution in [2.24, 2.45) is 0 Å². The molecule has 1 aromatic rings. The van der Waals surface area contributed by atoms with Crippen LogP contribution in [0.15, 0.2) is 18.2 Å². The second kappa shape index (κ2) is 6.93. The maximum absolute atomic E-state index is 13.4. The molecule has 2 rings (SSSR count). The Morgan fingerprint density at radius 2 is 2.26 bits per heavy atom. The van der Waals surface area contributed by atoms with E-state index in [0.717, 1.165) is 32.2 Å². The third-order valence-electron chi connectivity index (χ3n) is 3.60. The number of hydrogen-bond donors (Lipinski definition) is 2. The summed E-state index contributed by atoms with van der Waals surface area (Å²) in [6.45, 7) is 4.56. The molecule has 1 heterocycles. The molecule has 1 atom stereocenters. The van der Waals surface area contributed by atoms with Crippen LogP contribution in [-0.4, -0.2) is 50.7 Å². The molecule has 2 N–H and O–H groups in total. The Kier molecular flexibility index (Phi) is 5.24. The average molecular weight is 269 g/mol. The van der Waals surface area contributed by atoms with Gasteiger partial charge in [0.15, 0.2) is 0 Å². The van der Waals surface area contributed by atoms with Crippen molar-refractivity contribution in [2.75, 3.05) is 39.8 Å². The molecule has 1 fully saturated rings. The molecule has 0 amide bonds. The zero-order chi connectivity index (χ0) is 13.7. The van der Waals surface area contributed by atoms with Gasteiger partial charge in [-0.2, -0.15) is 0 Å². The number of rotatable bonds is 5. The number of piperazine rings is 1. The third kappa shape index (κ3) is 4.23. The van der Waals surface area contributed by atoms with E-state index in [0.29, 0.717) is 24.6 Å². The molecule has 1 aromatic carbocycles. The van der Waals surface area contributed by atoms with Gasteiger partial charge in [-0.05, 0) is 43.8 Å². The summed E-state index contributed by atoms with van der Waals surface area (Å²) < 4.78 is 26.4. The van der Waals surface area contributed by atoms with Crippen LogP contribution >= 0.6 is 0 Å². The summed E-state index contributed by atoms with van der Waals surface area (Å²) >= 11 is 0. The van der Waals surface area contributed by atoms with Gasteiger partial charge in [0.2, 0.25) is 0 Å². The molecule has 1 unspecified atom stereocenters. The molecule has 0 aromatic heterocycles. The molecule has 0 saturated carbocycles. The molecule has 19 heavy (non-hydrogen) atoms. The molecular weight excluding hydrogens is 248 g/mol. The molecule has 5 heteroatoms. The largest absolute Gasteiger partial charge is 0.315 e. The molecular formula is C14H21F2N3. The van der Waals surface area contributed by atoms with Crippen LogP contribution in [0, 0.1) is 11.6 Å². The van der Waals surface area contributed by atoms with Crippen molar-refractivity contribution >= 4 is 0 Å². The minimum absolute atomic E-state index is 0.334. The van der Waals surface area contributed by atoms with Crippen LogP contribution in [0.2, 0.25) is 0 Å². The lowest BCUT2D eigenvalue weighted by Gasteiger charge is -2.33. The van der Waals surface area contributed by atoms with Crippen molar-refractivity contribution in [1.82, 2.24) is 15.5 Å². The van der Waals surface area contributed by atoms with Gasteiger partial charge in [-0.3, -0.25) is 4.90 Å². The summed E-state index contributed by atoms with van der Waals surface area (Å²) in [7, 11) is 2.11. The zero-order valence-corrected chi connectivity index (χ0v) is 11.3. The normalized spacial score (nSPS) is 20.7. The number of nitrogens with one attached hydrogen (secondary N) is 2. The van der Waals surface area contributed by atoms with Crippen LogP contribution in [0.4, 0.5) is 8.78 Å². The molecule has 1 aliphatic rings. The Morgan fingerprint density at radius 3 is 3.05 bits per heavy atom. The maximum atomic E-state index is 13.4. The van der Waals surface area contributed by atoms with Gasteiger partial charge in [0.1, 0.15) is 11.6 Å². The van der Waals surface area contributed by atoms with Gasteiger partial charge in [-0.25, -0.2) is 8.78 Å². The minimum atomic E-state index is -0.382. The fourth-order valence-corrected chi connectivity index (χ4v) is 2.32. The van der Waals surface area contributed by atoms with E-state index in [-0.39, 0.29) is 11.6 Å². The predicted molar refractivity (Wildman–Crippen MR) is 72.2 cm³/mol. The number of hydrogen-bond acceptors (Lipinski definition) is 3. The van der Waals surface area contributed by atoms with Crippen molar-refractivity contribution in [2.45, 2.75) is 12.5 Å². The molecule has 0 radical (unpaired) electrons. The highest BCUT2D eigenvalue weighted by molar-refractivity contribution is 5.18. The van der Waals surface area contributed by atoms with Crippen LogP contribution in [0.5, 0.6) is 0 Å². The second-order valence-electron chi connectivity index (χ2n) is 5.03. The lowest BCUT2D eigenvalue weighted by molar-refractivity contribution is 0.196. The smallest absolute Gasteiger partial charge is 0.126 e. The van der Waals surface area contributed by atoms with Gasteiger partial charge < -0.3 is 10.6 Å². The van der Waals surface area contributed by atoms with E-state index < -0.39 is 0 Å². The summed E-state index contributed by atoms with van der Waals surface area (Å²) in [5, 5.41) is 6.66. The fourth-order valence-electron chi connectivity index (χ4n) is 2.32. The first kappa shape index (κ1) is 14.4. The van der Waals surface area contributed by atoms with Crippen LogP contribution in [0.25, 0.3) is 0 Å². The lowest BCUT2D eigenvalue weighted by Crippen LogP contribution is -2.53. The predicted octanol–water partition coefficient (Wildman–Crippen LogP) is 1.00. The second-order valence-corrected chi connectivity index (χ2v) is 5.03. The van der Waals surface area contributed by atoms with Crippen molar-refractivity contribution in [3.63, 3.8) is 0 Å². The minimum Gasteiger partial charge on any atom is -0.315 e. The van der Waals surface area contributed by atoms with Gasteiger partial charge in [0.25, 0.3) is 0 Å². The molecule has 1 aliphatic heterocycles. The number of benzene rings is 1. The molecule has 0 spiro atoms. The molecule has 0 bridgehead atoms. The Bertz CT molecular complexity index is 412. The lowest BCUT2D eigenvalue weighted by atomic mass is 10.1. The van der Waals surface area contributed by atoms with Gasteiger partial charge in [0, 0.05) is 32.2 Å². The average Bonchev–Trinajstić information content (AvgIpc) is 2.40. The molecule has 1 saturated heterocycles. The summed E-state index contributed by atoms with van der Waals surface area (Å²) in [5.41, 5.74) is 0.433. The number of nitrogens with zero attached hydrogens (tertiary/aromatic N) is 1. The first-order valence-corrected chi connectivity index (χ1v) is 6.72. The van der Waals surface area contributed by atoms with Crippen molar-refractivity contribution in [3.8, 4) is 0 Å². The van der Waals surface area contributed by atoms with Crippen LogP contribution in [0.3, 0.4) is 0 Å².